The second-order valence-corrected chi connectivity index (χ2v) is 7.13. The maximum Gasteiger partial charge on any atom is 0.164 e. The minimum atomic E-state index is 0.425. The van der Waals surface area contributed by atoms with Crippen LogP contribution in [-0.2, 0) is 6.42 Å². The van der Waals surface area contributed by atoms with E-state index in [4.69, 9.17) is 9.47 Å². The molecule has 116 valence electrons. The van der Waals surface area contributed by atoms with E-state index in [9.17, 15) is 0 Å². The van der Waals surface area contributed by atoms with Gasteiger partial charge in [0.05, 0.1) is 13.2 Å². The van der Waals surface area contributed by atoms with Crippen molar-refractivity contribution in [3.05, 3.63) is 21.7 Å². The van der Waals surface area contributed by atoms with Crippen molar-refractivity contribution in [3.8, 4) is 11.5 Å². The molecule has 4 heteroatoms. The largest absolute Gasteiger partial charge is 0.490 e. The van der Waals surface area contributed by atoms with Gasteiger partial charge < -0.3 is 14.8 Å². The van der Waals surface area contributed by atoms with Crippen LogP contribution in [0.1, 0.15) is 50.2 Å². The average molecular weight is 354 g/mol. The number of hydrogen-bond acceptors (Lipinski definition) is 3. The monoisotopic (exact) mass is 353 g/mol. The second-order valence-electron chi connectivity index (χ2n) is 6.28. The van der Waals surface area contributed by atoms with Gasteiger partial charge in [-0.25, -0.2) is 0 Å². The Bertz CT molecular complexity index is 510. The van der Waals surface area contributed by atoms with Gasteiger partial charge in [-0.05, 0) is 43.4 Å². The highest BCUT2D eigenvalue weighted by atomic mass is 79.9. The summed E-state index contributed by atoms with van der Waals surface area (Å²) in [5.41, 5.74) is 2.70. The Labute approximate surface area is 135 Å². The SMILES string of the molecule is CC(C)c1c(CC2CCCN2)c(Br)cc2c1OCCCO2. The molecule has 2 aliphatic rings. The first-order valence-corrected chi connectivity index (χ1v) is 8.80. The first kappa shape index (κ1) is 15.2. The van der Waals surface area contributed by atoms with E-state index in [0.717, 1.165) is 48.6 Å². The third kappa shape index (κ3) is 3.21. The van der Waals surface area contributed by atoms with Gasteiger partial charge in [0.2, 0.25) is 0 Å². The summed E-state index contributed by atoms with van der Waals surface area (Å²) >= 11 is 3.76. The van der Waals surface area contributed by atoms with Gasteiger partial charge in [-0.15, -0.1) is 0 Å². The molecule has 0 aromatic heterocycles. The summed E-state index contributed by atoms with van der Waals surface area (Å²) in [5, 5.41) is 3.60. The van der Waals surface area contributed by atoms with Crippen molar-refractivity contribution in [3.63, 3.8) is 0 Å². The summed E-state index contributed by atoms with van der Waals surface area (Å²) in [4.78, 5) is 0. The molecule has 1 fully saturated rings. The van der Waals surface area contributed by atoms with Gasteiger partial charge >= 0.3 is 0 Å². The lowest BCUT2D eigenvalue weighted by Gasteiger charge is -2.23. The van der Waals surface area contributed by atoms with Crippen LogP contribution in [-0.4, -0.2) is 25.8 Å². The highest BCUT2D eigenvalue weighted by Crippen LogP contribution is 2.44. The van der Waals surface area contributed by atoms with E-state index in [0.29, 0.717) is 12.0 Å². The molecular weight excluding hydrogens is 330 g/mol. The predicted molar refractivity (Wildman–Crippen MR) is 88.6 cm³/mol. The lowest BCUT2D eigenvalue weighted by atomic mass is 9.91. The zero-order chi connectivity index (χ0) is 14.8. The average Bonchev–Trinajstić information content (AvgIpc) is 2.84. The smallest absolute Gasteiger partial charge is 0.164 e. The van der Waals surface area contributed by atoms with Crippen LogP contribution in [0.5, 0.6) is 11.5 Å². The fourth-order valence-corrected chi connectivity index (χ4v) is 3.92. The number of halogens is 1. The number of nitrogens with one attached hydrogen (secondary N) is 1. The van der Waals surface area contributed by atoms with Gasteiger partial charge in [-0.3, -0.25) is 0 Å². The van der Waals surface area contributed by atoms with Crippen molar-refractivity contribution in [2.45, 2.75) is 51.5 Å². The molecule has 1 atom stereocenters. The van der Waals surface area contributed by atoms with Crippen LogP contribution in [0.2, 0.25) is 0 Å². The summed E-state index contributed by atoms with van der Waals surface area (Å²) in [6.45, 7) is 7.10. The Morgan fingerprint density at radius 1 is 1.29 bits per heavy atom. The highest BCUT2D eigenvalue weighted by molar-refractivity contribution is 9.10. The molecule has 1 saturated heterocycles. The minimum absolute atomic E-state index is 0.425. The van der Waals surface area contributed by atoms with Gasteiger partial charge in [-0.1, -0.05) is 29.8 Å². The third-order valence-electron chi connectivity index (χ3n) is 4.32. The maximum absolute atomic E-state index is 6.03. The van der Waals surface area contributed by atoms with Gasteiger partial charge in [0.25, 0.3) is 0 Å². The minimum Gasteiger partial charge on any atom is -0.490 e. The summed E-state index contributed by atoms with van der Waals surface area (Å²) in [6.07, 6.45) is 4.55. The molecule has 21 heavy (non-hydrogen) atoms. The fourth-order valence-electron chi connectivity index (χ4n) is 3.33. The summed E-state index contributed by atoms with van der Waals surface area (Å²) in [7, 11) is 0. The Hall–Kier alpha value is -0.740. The normalized spacial score (nSPS) is 21.6. The molecular formula is C17H24BrNO2. The van der Waals surface area contributed by atoms with Crippen LogP contribution in [0.4, 0.5) is 0 Å². The molecule has 0 bridgehead atoms. The number of rotatable bonds is 3. The van der Waals surface area contributed by atoms with Crippen LogP contribution in [0, 0.1) is 0 Å². The molecule has 2 aliphatic heterocycles. The van der Waals surface area contributed by atoms with Gasteiger partial charge in [0.1, 0.15) is 0 Å². The number of fused-ring (bicyclic) bond motifs is 1. The van der Waals surface area contributed by atoms with Crippen LogP contribution < -0.4 is 14.8 Å². The van der Waals surface area contributed by atoms with Crippen molar-refractivity contribution < 1.29 is 9.47 Å². The van der Waals surface area contributed by atoms with Crippen LogP contribution in [0.3, 0.4) is 0 Å². The third-order valence-corrected chi connectivity index (χ3v) is 5.03. The summed E-state index contributed by atoms with van der Waals surface area (Å²) in [5.74, 6) is 2.29. The van der Waals surface area contributed by atoms with E-state index in [-0.39, 0.29) is 0 Å². The first-order valence-electron chi connectivity index (χ1n) is 8.01. The van der Waals surface area contributed by atoms with Crippen LogP contribution >= 0.6 is 15.9 Å². The molecule has 0 spiro atoms. The molecule has 0 radical (unpaired) electrons. The standard InChI is InChI=1S/C17H24BrNO2/c1-11(2)16-13(9-12-5-3-6-19-12)14(18)10-15-17(16)21-8-4-7-20-15/h10-12,19H,3-9H2,1-2H3. The first-order chi connectivity index (χ1) is 10.2. The highest BCUT2D eigenvalue weighted by Gasteiger charge is 2.25. The van der Waals surface area contributed by atoms with Gasteiger partial charge in [0.15, 0.2) is 11.5 Å². The molecule has 0 aliphatic carbocycles. The van der Waals surface area contributed by atoms with Crippen molar-refractivity contribution in [1.29, 1.82) is 0 Å². The topological polar surface area (TPSA) is 30.5 Å². The summed E-state index contributed by atoms with van der Waals surface area (Å²) < 4.78 is 13.1. The molecule has 0 amide bonds. The Morgan fingerprint density at radius 3 is 2.81 bits per heavy atom. The molecule has 3 rings (SSSR count). The quantitative estimate of drug-likeness (QED) is 0.889. The summed E-state index contributed by atoms with van der Waals surface area (Å²) in [6, 6.07) is 2.68. The zero-order valence-electron chi connectivity index (χ0n) is 12.9. The van der Waals surface area contributed by atoms with Gasteiger partial charge in [-0.2, -0.15) is 0 Å². The van der Waals surface area contributed by atoms with Gasteiger partial charge in [0, 0.05) is 22.5 Å². The molecule has 3 nitrogen and oxygen atoms in total. The number of ether oxygens (including phenoxy) is 2. The second kappa shape index (κ2) is 6.57. The molecule has 1 aromatic rings. The molecule has 0 saturated carbocycles. The molecule has 1 aromatic carbocycles. The molecule has 1 N–H and O–H groups in total. The Balaban J connectivity index is 2.02. The van der Waals surface area contributed by atoms with Crippen molar-refractivity contribution in [2.24, 2.45) is 0 Å². The zero-order valence-corrected chi connectivity index (χ0v) is 14.5. The van der Waals surface area contributed by atoms with Crippen LogP contribution in [0.15, 0.2) is 10.5 Å². The van der Waals surface area contributed by atoms with Crippen molar-refractivity contribution in [1.82, 2.24) is 5.32 Å². The Morgan fingerprint density at radius 2 is 2.10 bits per heavy atom. The van der Waals surface area contributed by atoms with E-state index < -0.39 is 0 Å². The lowest BCUT2D eigenvalue weighted by molar-refractivity contribution is 0.295. The van der Waals surface area contributed by atoms with E-state index in [1.807, 2.05) is 0 Å². The number of hydrogen-bond donors (Lipinski definition) is 1. The lowest BCUT2D eigenvalue weighted by Crippen LogP contribution is -2.24. The van der Waals surface area contributed by atoms with E-state index in [1.54, 1.807) is 0 Å². The molecule has 2 heterocycles. The number of benzene rings is 1. The van der Waals surface area contributed by atoms with E-state index >= 15 is 0 Å². The van der Waals surface area contributed by atoms with E-state index in [2.05, 4.69) is 41.2 Å². The Kier molecular flexibility index (Phi) is 4.75. The molecule has 1 unspecified atom stereocenters. The van der Waals surface area contributed by atoms with Crippen molar-refractivity contribution in [2.75, 3.05) is 19.8 Å². The van der Waals surface area contributed by atoms with E-state index in [1.165, 1.54) is 24.0 Å². The van der Waals surface area contributed by atoms with Crippen LogP contribution in [0.25, 0.3) is 0 Å². The maximum atomic E-state index is 6.03. The predicted octanol–water partition coefficient (Wildman–Crippen LogP) is 4.03. The fraction of sp³-hybridized carbons (Fsp3) is 0.647. The van der Waals surface area contributed by atoms with Crippen molar-refractivity contribution >= 4 is 15.9 Å².